The number of sulfonamides is 1. The van der Waals surface area contributed by atoms with Gasteiger partial charge in [-0.15, -0.1) is 12.4 Å². The molecule has 1 amide bonds. The molecular weight excluding hydrogens is 338 g/mol. The molecule has 1 unspecified atom stereocenters. The van der Waals surface area contributed by atoms with Gasteiger partial charge in [0.05, 0.1) is 4.90 Å². The molecule has 0 aromatic heterocycles. The quantitative estimate of drug-likeness (QED) is 0.676. The van der Waals surface area contributed by atoms with Gasteiger partial charge in [0.1, 0.15) is 0 Å². The lowest BCUT2D eigenvalue weighted by atomic mass is 10.1. The molecule has 1 aromatic rings. The maximum absolute atomic E-state index is 12.2. The summed E-state index contributed by atoms with van der Waals surface area (Å²) < 4.78 is 26.7. The summed E-state index contributed by atoms with van der Waals surface area (Å²) in [6, 6.07) is 6.08. The van der Waals surface area contributed by atoms with E-state index in [2.05, 4.69) is 10.0 Å². The molecule has 1 atom stereocenters. The topological polar surface area (TPSA) is 101 Å². The first-order valence-electron chi connectivity index (χ1n) is 7.63. The molecule has 0 bridgehead atoms. The van der Waals surface area contributed by atoms with E-state index in [1.54, 1.807) is 0 Å². The molecule has 0 saturated heterocycles. The van der Waals surface area contributed by atoms with Crippen molar-refractivity contribution in [3.63, 3.8) is 0 Å². The number of amides is 1. The van der Waals surface area contributed by atoms with Crippen molar-refractivity contribution in [2.24, 2.45) is 11.7 Å². The third-order valence-electron chi connectivity index (χ3n) is 4.09. The van der Waals surface area contributed by atoms with Crippen LogP contribution in [0.25, 0.3) is 0 Å². The lowest BCUT2D eigenvalue weighted by Gasteiger charge is -2.16. The smallest absolute Gasteiger partial charge is 0.251 e. The first-order chi connectivity index (χ1) is 10.5. The van der Waals surface area contributed by atoms with Gasteiger partial charge in [-0.25, -0.2) is 13.1 Å². The van der Waals surface area contributed by atoms with Crippen LogP contribution in [0.3, 0.4) is 0 Å². The van der Waals surface area contributed by atoms with Crippen LogP contribution in [-0.2, 0) is 10.0 Å². The van der Waals surface area contributed by atoms with Crippen LogP contribution in [0.15, 0.2) is 29.2 Å². The van der Waals surface area contributed by atoms with E-state index >= 15 is 0 Å². The number of rotatable bonds is 7. The van der Waals surface area contributed by atoms with E-state index in [4.69, 9.17) is 5.73 Å². The molecule has 2 saturated carbocycles. The van der Waals surface area contributed by atoms with Gasteiger partial charge in [-0.3, -0.25) is 4.79 Å². The van der Waals surface area contributed by atoms with Gasteiger partial charge in [-0.05, 0) is 55.9 Å². The minimum absolute atomic E-state index is 0. The summed E-state index contributed by atoms with van der Waals surface area (Å²) in [5.41, 5.74) is 6.12. The maximum atomic E-state index is 12.2. The summed E-state index contributed by atoms with van der Waals surface area (Å²) in [6.45, 7) is 0.425. The van der Waals surface area contributed by atoms with E-state index in [1.807, 2.05) is 0 Å². The SMILES string of the molecule is Cl.NCC(NC(=O)c1ccc(S(=O)(=O)NC2CC2)cc1)C1CC1. The van der Waals surface area contributed by atoms with Crippen molar-refractivity contribution in [3.8, 4) is 0 Å². The lowest BCUT2D eigenvalue weighted by Crippen LogP contribution is -2.41. The number of hydrogen-bond donors (Lipinski definition) is 3. The maximum Gasteiger partial charge on any atom is 0.251 e. The fraction of sp³-hybridized carbons (Fsp3) is 0.533. The van der Waals surface area contributed by atoms with E-state index in [9.17, 15) is 13.2 Å². The highest BCUT2D eigenvalue weighted by Crippen LogP contribution is 2.32. The van der Waals surface area contributed by atoms with Gasteiger partial charge >= 0.3 is 0 Å². The monoisotopic (exact) mass is 359 g/mol. The largest absolute Gasteiger partial charge is 0.348 e. The summed E-state index contributed by atoms with van der Waals surface area (Å²) in [5, 5.41) is 2.92. The molecule has 2 fully saturated rings. The second kappa shape index (κ2) is 7.17. The zero-order chi connectivity index (χ0) is 15.7. The predicted molar refractivity (Wildman–Crippen MR) is 90.1 cm³/mol. The Hall–Kier alpha value is -1.15. The van der Waals surface area contributed by atoms with Crippen molar-refractivity contribution in [2.45, 2.75) is 42.7 Å². The van der Waals surface area contributed by atoms with Crippen LogP contribution in [-0.4, -0.2) is 33.0 Å². The third-order valence-corrected chi connectivity index (χ3v) is 5.62. The molecular formula is C15H22ClN3O3S. The number of benzene rings is 1. The van der Waals surface area contributed by atoms with Crippen molar-refractivity contribution < 1.29 is 13.2 Å². The summed E-state index contributed by atoms with van der Waals surface area (Å²) >= 11 is 0. The van der Waals surface area contributed by atoms with Crippen molar-refractivity contribution in [1.29, 1.82) is 0 Å². The van der Waals surface area contributed by atoms with Crippen LogP contribution in [0.5, 0.6) is 0 Å². The molecule has 0 aliphatic heterocycles. The third kappa shape index (κ3) is 4.67. The Morgan fingerprint density at radius 1 is 1.17 bits per heavy atom. The minimum Gasteiger partial charge on any atom is -0.348 e. The zero-order valence-electron chi connectivity index (χ0n) is 12.7. The van der Waals surface area contributed by atoms with Crippen LogP contribution in [0.4, 0.5) is 0 Å². The average molecular weight is 360 g/mol. The fourth-order valence-corrected chi connectivity index (χ4v) is 3.70. The normalized spacial score (nSPS) is 18.8. The van der Waals surface area contributed by atoms with Crippen LogP contribution < -0.4 is 15.8 Å². The second-order valence-electron chi connectivity index (χ2n) is 6.07. The molecule has 128 valence electrons. The van der Waals surface area contributed by atoms with Gasteiger partial charge in [-0.2, -0.15) is 0 Å². The fourth-order valence-electron chi connectivity index (χ4n) is 2.39. The number of nitrogens with one attached hydrogen (secondary N) is 2. The summed E-state index contributed by atoms with van der Waals surface area (Å²) in [4.78, 5) is 12.4. The molecule has 23 heavy (non-hydrogen) atoms. The Balaban J connectivity index is 0.00000192. The second-order valence-corrected chi connectivity index (χ2v) is 7.79. The molecule has 3 rings (SSSR count). The van der Waals surface area contributed by atoms with Crippen molar-refractivity contribution in [2.75, 3.05) is 6.54 Å². The van der Waals surface area contributed by atoms with E-state index in [0.29, 0.717) is 18.0 Å². The Bertz CT molecular complexity index is 655. The molecule has 8 heteroatoms. The molecule has 2 aliphatic carbocycles. The predicted octanol–water partition coefficient (Wildman–Crippen LogP) is 1.02. The number of carbonyl (C=O) groups is 1. The van der Waals surface area contributed by atoms with E-state index in [0.717, 1.165) is 25.7 Å². The standard InChI is InChI=1S/C15H21N3O3S.ClH/c16-9-14(10-1-2-10)17-15(19)11-3-7-13(8-4-11)22(20,21)18-12-5-6-12;/h3-4,7-8,10,12,14,18H,1-2,5-6,9,16H2,(H,17,19);1H. The number of hydrogen-bond acceptors (Lipinski definition) is 4. The van der Waals surface area contributed by atoms with Gasteiger partial charge in [-0.1, -0.05) is 0 Å². The number of halogens is 1. The highest BCUT2D eigenvalue weighted by Gasteiger charge is 2.31. The minimum atomic E-state index is -3.47. The van der Waals surface area contributed by atoms with Gasteiger partial charge < -0.3 is 11.1 Å². The van der Waals surface area contributed by atoms with Gasteiger partial charge in [0.25, 0.3) is 5.91 Å². The van der Waals surface area contributed by atoms with E-state index < -0.39 is 10.0 Å². The van der Waals surface area contributed by atoms with Crippen LogP contribution in [0.1, 0.15) is 36.0 Å². The molecule has 2 aliphatic rings. The Morgan fingerprint density at radius 2 is 1.78 bits per heavy atom. The van der Waals surface area contributed by atoms with Gasteiger partial charge in [0.15, 0.2) is 0 Å². The Labute approximate surface area is 142 Å². The van der Waals surface area contributed by atoms with Gasteiger partial charge in [0.2, 0.25) is 10.0 Å². The first-order valence-corrected chi connectivity index (χ1v) is 9.11. The first kappa shape index (κ1) is 18.2. The Kier molecular flexibility index (Phi) is 5.67. The molecule has 0 spiro atoms. The van der Waals surface area contributed by atoms with Crippen LogP contribution in [0.2, 0.25) is 0 Å². The van der Waals surface area contributed by atoms with Crippen LogP contribution >= 0.6 is 12.4 Å². The summed E-state index contributed by atoms with van der Waals surface area (Å²) in [6.07, 6.45) is 3.99. The van der Waals surface area contributed by atoms with Crippen LogP contribution in [0, 0.1) is 5.92 Å². The van der Waals surface area contributed by atoms with Crippen molar-refractivity contribution >= 4 is 28.3 Å². The molecule has 1 aromatic carbocycles. The van der Waals surface area contributed by atoms with E-state index in [-0.39, 0.29) is 35.3 Å². The molecule has 0 radical (unpaired) electrons. The molecule has 0 heterocycles. The highest BCUT2D eigenvalue weighted by molar-refractivity contribution is 7.89. The Morgan fingerprint density at radius 3 is 2.26 bits per heavy atom. The molecule has 6 nitrogen and oxygen atoms in total. The summed E-state index contributed by atoms with van der Waals surface area (Å²) in [7, 11) is -3.47. The van der Waals surface area contributed by atoms with Crippen molar-refractivity contribution in [3.05, 3.63) is 29.8 Å². The average Bonchev–Trinajstić information content (AvgIpc) is 3.38. The summed E-state index contributed by atoms with van der Waals surface area (Å²) in [5.74, 6) is 0.276. The number of carbonyl (C=O) groups excluding carboxylic acids is 1. The van der Waals surface area contributed by atoms with Crippen molar-refractivity contribution in [1.82, 2.24) is 10.0 Å². The molecule has 4 N–H and O–H groups in total. The zero-order valence-corrected chi connectivity index (χ0v) is 14.3. The van der Waals surface area contributed by atoms with Gasteiger partial charge in [0, 0.05) is 24.2 Å². The number of nitrogens with two attached hydrogens (primary N) is 1. The highest BCUT2D eigenvalue weighted by atomic mass is 35.5. The van der Waals surface area contributed by atoms with E-state index in [1.165, 1.54) is 24.3 Å². The lowest BCUT2D eigenvalue weighted by molar-refractivity contribution is 0.0933.